The molecule has 1 atom stereocenters. The molecule has 82 valence electrons. The Morgan fingerprint density at radius 3 is 2.20 bits per heavy atom. The van der Waals surface area contributed by atoms with Crippen molar-refractivity contribution in [3.63, 3.8) is 0 Å². The van der Waals surface area contributed by atoms with E-state index in [9.17, 15) is 4.57 Å². The van der Waals surface area contributed by atoms with Gasteiger partial charge in [0.05, 0.1) is 7.11 Å². The standard InChI is InChI=1S/C10H13O4P/c1-10(2,14-15(11)12)8-4-6-9(13-3)7-5-8/h4-7H,1-3H3/p+1. The highest BCUT2D eigenvalue weighted by molar-refractivity contribution is 7.32. The predicted molar refractivity (Wildman–Crippen MR) is 56.9 cm³/mol. The van der Waals surface area contributed by atoms with Crippen LogP contribution in [-0.2, 0) is 14.7 Å². The molecule has 15 heavy (non-hydrogen) atoms. The van der Waals surface area contributed by atoms with Gasteiger partial charge in [0.1, 0.15) is 11.4 Å². The van der Waals surface area contributed by atoms with Crippen molar-refractivity contribution < 1.29 is 18.7 Å². The molecule has 0 heterocycles. The Morgan fingerprint density at radius 2 is 1.80 bits per heavy atom. The van der Waals surface area contributed by atoms with Gasteiger partial charge in [-0.3, -0.25) is 0 Å². The topological polar surface area (TPSA) is 55.8 Å². The molecule has 0 amide bonds. The van der Waals surface area contributed by atoms with Gasteiger partial charge in [0.25, 0.3) is 0 Å². The Kier molecular flexibility index (Phi) is 3.80. The normalized spacial score (nSPS) is 12.4. The van der Waals surface area contributed by atoms with Crippen LogP contribution >= 0.6 is 8.25 Å². The molecule has 0 aliphatic heterocycles. The van der Waals surface area contributed by atoms with Gasteiger partial charge in [0.15, 0.2) is 0 Å². The number of benzene rings is 1. The number of hydrogen-bond donors (Lipinski definition) is 1. The number of ether oxygens (including phenoxy) is 1. The Bertz CT molecular complexity index is 345. The average molecular weight is 229 g/mol. The van der Waals surface area contributed by atoms with Crippen LogP contribution in [0.3, 0.4) is 0 Å². The maximum atomic E-state index is 10.6. The number of hydrogen-bond acceptors (Lipinski definition) is 3. The van der Waals surface area contributed by atoms with E-state index in [0.717, 1.165) is 11.3 Å². The molecule has 0 aliphatic carbocycles. The van der Waals surface area contributed by atoms with Crippen LogP contribution in [0.4, 0.5) is 0 Å². The first-order valence-electron chi connectivity index (χ1n) is 4.45. The van der Waals surface area contributed by atoms with Crippen molar-refractivity contribution in [1.29, 1.82) is 0 Å². The van der Waals surface area contributed by atoms with Crippen LogP contribution in [0.5, 0.6) is 5.75 Å². The first-order valence-corrected chi connectivity index (χ1v) is 5.58. The average Bonchev–Trinajstić information content (AvgIpc) is 2.16. The molecule has 1 aromatic carbocycles. The van der Waals surface area contributed by atoms with E-state index in [1.54, 1.807) is 45.2 Å². The van der Waals surface area contributed by atoms with Crippen LogP contribution in [0.15, 0.2) is 24.3 Å². The summed E-state index contributed by atoms with van der Waals surface area (Å²) in [6, 6.07) is 7.17. The van der Waals surface area contributed by atoms with Gasteiger partial charge in [-0.05, 0) is 31.5 Å². The van der Waals surface area contributed by atoms with Gasteiger partial charge in [0.2, 0.25) is 0 Å². The summed E-state index contributed by atoms with van der Waals surface area (Å²) >= 11 is 0. The molecule has 0 bridgehead atoms. The molecule has 1 N–H and O–H groups in total. The molecule has 4 nitrogen and oxygen atoms in total. The maximum Gasteiger partial charge on any atom is 0.695 e. The summed E-state index contributed by atoms with van der Waals surface area (Å²) in [5.41, 5.74) is 0.0368. The second-order valence-corrected chi connectivity index (χ2v) is 4.23. The van der Waals surface area contributed by atoms with Crippen molar-refractivity contribution in [3.8, 4) is 5.75 Å². The lowest BCUT2D eigenvalue weighted by Gasteiger charge is -2.17. The van der Waals surface area contributed by atoms with Crippen molar-refractivity contribution in [1.82, 2.24) is 0 Å². The highest BCUT2D eigenvalue weighted by Crippen LogP contribution is 2.34. The third-order valence-electron chi connectivity index (χ3n) is 2.09. The zero-order valence-corrected chi connectivity index (χ0v) is 9.82. The molecule has 5 heteroatoms. The highest BCUT2D eigenvalue weighted by Gasteiger charge is 2.32. The van der Waals surface area contributed by atoms with Crippen LogP contribution in [0.2, 0.25) is 0 Å². The van der Waals surface area contributed by atoms with Crippen molar-refractivity contribution in [2.75, 3.05) is 7.11 Å². The first kappa shape index (κ1) is 12.1. The molecular weight excluding hydrogens is 215 g/mol. The van der Waals surface area contributed by atoms with Crippen LogP contribution in [0.1, 0.15) is 19.4 Å². The fourth-order valence-electron chi connectivity index (χ4n) is 1.24. The molecule has 0 spiro atoms. The minimum atomic E-state index is -2.60. The second-order valence-electron chi connectivity index (χ2n) is 3.57. The van der Waals surface area contributed by atoms with Crippen LogP contribution < -0.4 is 4.74 Å². The van der Waals surface area contributed by atoms with Gasteiger partial charge in [-0.2, -0.15) is 0 Å². The molecule has 0 aliphatic rings. The van der Waals surface area contributed by atoms with E-state index in [1.807, 2.05) is 0 Å². The Morgan fingerprint density at radius 1 is 1.27 bits per heavy atom. The van der Waals surface area contributed by atoms with E-state index in [1.165, 1.54) is 0 Å². The SMILES string of the molecule is COc1ccc(C(C)(C)O[P+](=O)O)cc1. The van der Waals surface area contributed by atoms with E-state index < -0.39 is 13.9 Å². The van der Waals surface area contributed by atoms with Crippen LogP contribution in [0.25, 0.3) is 0 Å². The summed E-state index contributed by atoms with van der Waals surface area (Å²) in [5, 5.41) is 0. The van der Waals surface area contributed by atoms with E-state index in [2.05, 4.69) is 0 Å². The summed E-state index contributed by atoms with van der Waals surface area (Å²) in [7, 11) is -1.02. The van der Waals surface area contributed by atoms with Crippen LogP contribution in [-0.4, -0.2) is 12.0 Å². The Balaban J connectivity index is 2.89. The molecule has 1 unspecified atom stereocenters. The molecule has 0 fully saturated rings. The summed E-state index contributed by atoms with van der Waals surface area (Å²) < 4.78 is 20.5. The second kappa shape index (κ2) is 4.71. The lowest BCUT2D eigenvalue weighted by atomic mass is 9.99. The Labute approximate surface area is 89.8 Å². The molecule has 0 aromatic heterocycles. The van der Waals surface area contributed by atoms with Crippen molar-refractivity contribution in [2.45, 2.75) is 19.4 Å². The fourth-order valence-corrected chi connectivity index (χ4v) is 1.74. The minimum absolute atomic E-state index is 0.739. The van der Waals surface area contributed by atoms with Gasteiger partial charge in [-0.25, -0.2) is 0 Å². The smallest absolute Gasteiger partial charge is 0.497 e. The monoisotopic (exact) mass is 229 g/mol. The van der Waals surface area contributed by atoms with Crippen molar-refractivity contribution in [2.24, 2.45) is 0 Å². The predicted octanol–water partition coefficient (Wildman–Crippen LogP) is 2.60. The van der Waals surface area contributed by atoms with Gasteiger partial charge >= 0.3 is 8.25 Å². The number of methoxy groups -OCH3 is 1. The summed E-state index contributed by atoms with van der Waals surface area (Å²) in [6.45, 7) is 3.47. The summed E-state index contributed by atoms with van der Waals surface area (Å²) in [6.07, 6.45) is 0. The fraction of sp³-hybridized carbons (Fsp3) is 0.400. The van der Waals surface area contributed by atoms with E-state index in [-0.39, 0.29) is 0 Å². The zero-order chi connectivity index (χ0) is 11.5. The lowest BCUT2D eigenvalue weighted by molar-refractivity contribution is 0.102. The summed E-state index contributed by atoms with van der Waals surface area (Å²) in [4.78, 5) is 8.71. The molecule has 1 aromatic rings. The minimum Gasteiger partial charge on any atom is -0.497 e. The van der Waals surface area contributed by atoms with Crippen molar-refractivity contribution >= 4 is 8.25 Å². The first-order chi connectivity index (χ1) is 6.95. The van der Waals surface area contributed by atoms with Gasteiger partial charge in [-0.15, -0.1) is 9.42 Å². The maximum absolute atomic E-state index is 10.6. The lowest BCUT2D eigenvalue weighted by Crippen LogP contribution is -2.17. The molecule has 0 saturated heterocycles. The van der Waals surface area contributed by atoms with Gasteiger partial charge in [0, 0.05) is 4.57 Å². The largest absolute Gasteiger partial charge is 0.695 e. The molecule has 0 saturated carbocycles. The molecular formula is C10H14O4P+. The van der Waals surface area contributed by atoms with Crippen LogP contribution in [0, 0.1) is 0 Å². The van der Waals surface area contributed by atoms with Gasteiger partial charge in [-0.1, -0.05) is 12.1 Å². The number of rotatable bonds is 4. The highest BCUT2D eigenvalue weighted by atomic mass is 31.1. The van der Waals surface area contributed by atoms with Crippen molar-refractivity contribution in [3.05, 3.63) is 29.8 Å². The molecule has 0 radical (unpaired) electrons. The molecule has 1 rings (SSSR count). The zero-order valence-electron chi connectivity index (χ0n) is 8.93. The summed E-state index contributed by atoms with van der Waals surface area (Å²) in [5.74, 6) is 0.739. The third kappa shape index (κ3) is 3.27. The third-order valence-corrected chi connectivity index (χ3v) is 2.70. The van der Waals surface area contributed by atoms with E-state index in [4.69, 9.17) is 14.2 Å². The van der Waals surface area contributed by atoms with E-state index in [0.29, 0.717) is 0 Å². The van der Waals surface area contributed by atoms with Gasteiger partial charge < -0.3 is 4.74 Å². The quantitative estimate of drug-likeness (QED) is 0.806. The Hall–Kier alpha value is -0.960. The van der Waals surface area contributed by atoms with E-state index >= 15 is 0 Å².